The van der Waals surface area contributed by atoms with Crippen LogP contribution in [0.25, 0.3) is 0 Å². The van der Waals surface area contributed by atoms with E-state index in [9.17, 15) is 0 Å². The lowest BCUT2D eigenvalue weighted by Crippen LogP contribution is -2.17. The zero-order chi connectivity index (χ0) is 12.1. The molecular formula is C11H20O2. The minimum atomic E-state index is -2.02. The van der Waals surface area contributed by atoms with Gasteiger partial charge in [0.05, 0.1) is 0 Å². The zero-order valence-corrected chi connectivity index (χ0v) is 9.32. The summed E-state index contributed by atoms with van der Waals surface area (Å²) in [4.78, 5) is 0. The maximum absolute atomic E-state index is 7.49. The van der Waals surface area contributed by atoms with Crippen LogP contribution >= 0.6 is 0 Å². The van der Waals surface area contributed by atoms with Crippen LogP contribution in [0.2, 0.25) is 0 Å². The first-order chi connectivity index (χ1) is 6.43. The van der Waals surface area contributed by atoms with Crippen molar-refractivity contribution in [3.8, 4) is 0 Å². The summed E-state index contributed by atoms with van der Waals surface area (Å²) in [6, 6.07) is 0. The lowest BCUT2D eigenvalue weighted by Gasteiger charge is -2.24. The van der Waals surface area contributed by atoms with Crippen LogP contribution in [0.4, 0.5) is 0 Å². The first-order valence-electron chi connectivity index (χ1n) is 5.57. The third-order valence-electron chi connectivity index (χ3n) is 1.86. The number of rotatable bonds is 0. The monoisotopic (exact) mass is 186 g/mol. The van der Waals surface area contributed by atoms with Gasteiger partial charge in [-0.2, -0.15) is 0 Å². The van der Waals surface area contributed by atoms with Gasteiger partial charge < -0.3 is 9.47 Å². The van der Waals surface area contributed by atoms with Crippen molar-refractivity contribution in [1.29, 1.82) is 0 Å². The molecule has 0 N–H and O–H groups in total. The second kappa shape index (κ2) is 2.93. The molecule has 1 heterocycles. The van der Waals surface area contributed by atoms with Gasteiger partial charge in [-0.1, -0.05) is 41.5 Å². The van der Waals surface area contributed by atoms with E-state index in [-0.39, 0.29) is 10.8 Å². The van der Waals surface area contributed by atoms with Crippen molar-refractivity contribution >= 4 is 0 Å². The topological polar surface area (TPSA) is 18.5 Å². The summed E-state index contributed by atoms with van der Waals surface area (Å²) in [5, 5.41) is 0. The van der Waals surface area contributed by atoms with E-state index in [1.807, 2.05) is 41.5 Å². The molecule has 0 radical (unpaired) electrons. The van der Waals surface area contributed by atoms with E-state index in [0.29, 0.717) is 11.5 Å². The van der Waals surface area contributed by atoms with Gasteiger partial charge in [-0.05, 0) is 0 Å². The van der Waals surface area contributed by atoms with Gasteiger partial charge in [-0.15, -0.1) is 0 Å². The van der Waals surface area contributed by atoms with Crippen LogP contribution in [-0.4, -0.2) is 6.75 Å². The van der Waals surface area contributed by atoms with Gasteiger partial charge in [0, 0.05) is 10.8 Å². The minimum Gasteiger partial charge on any atom is -0.458 e. The molecular weight excluding hydrogens is 164 g/mol. The van der Waals surface area contributed by atoms with Gasteiger partial charge in [0.25, 0.3) is 0 Å². The Labute approximate surface area is 83.7 Å². The molecule has 13 heavy (non-hydrogen) atoms. The fourth-order valence-corrected chi connectivity index (χ4v) is 1.18. The van der Waals surface area contributed by atoms with Gasteiger partial charge in [0.15, 0.2) is 0 Å². The van der Waals surface area contributed by atoms with Crippen molar-refractivity contribution in [2.45, 2.75) is 41.5 Å². The number of hydrogen-bond acceptors (Lipinski definition) is 2. The highest BCUT2D eigenvalue weighted by molar-refractivity contribution is 5.16. The highest BCUT2D eigenvalue weighted by Gasteiger charge is 2.34. The molecule has 1 aliphatic rings. The highest BCUT2D eigenvalue weighted by Crippen LogP contribution is 2.40. The van der Waals surface area contributed by atoms with E-state index in [1.165, 1.54) is 0 Å². The SMILES string of the molecule is [2H]C1([2H])OC(C(C)(C)C)=C(C(C)(C)C)O1. The Morgan fingerprint density at radius 3 is 1.46 bits per heavy atom. The molecule has 0 saturated carbocycles. The quantitative estimate of drug-likeness (QED) is 0.578. The molecule has 0 aromatic heterocycles. The molecule has 76 valence electrons. The van der Waals surface area contributed by atoms with Crippen LogP contribution in [0.3, 0.4) is 0 Å². The first-order valence-corrected chi connectivity index (χ1v) is 4.57. The Balaban J connectivity index is 3.16. The van der Waals surface area contributed by atoms with E-state index in [1.54, 1.807) is 0 Å². The molecule has 0 unspecified atom stereocenters. The summed E-state index contributed by atoms with van der Waals surface area (Å²) in [6.45, 7) is 9.89. The normalized spacial score (nSPS) is 24.8. The summed E-state index contributed by atoms with van der Waals surface area (Å²) in [5.41, 5.74) is -0.487. The molecule has 0 aromatic carbocycles. The van der Waals surface area contributed by atoms with Crippen LogP contribution in [-0.2, 0) is 9.47 Å². The fourth-order valence-electron chi connectivity index (χ4n) is 1.18. The second-order valence-corrected chi connectivity index (χ2v) is 5.45. The fraction of sp³-hybridized carbons (Fsp3) is 0.818. The lowest BCUT2D eigenvalue weighted by molar-refractivity contribution is 0.0458. The summed E-state index contributed by atoms with van der Waals surface area (Å²) in [7, 11) is 0. The van der Waals surface area contributed by atoms with Gasteiger partial charge in [0.1, 0.15) is 14.3 Å². The Hall–Kier alpha value is -0.660. The molecule has 0 amide bonds. The minimum absolute atomic E-state index is 0.244. The molecule has 0 saturated heterocycles. The Morgan fingerprint density at radius 2 is 1.23 bits per heavy atom. The van der Waals surface area contributed by atoms with E-state index < -0.39 is 6.75 Å². The van der Waals surface area contributed by atoms with Crippen molar-refractivity contribution in [1.82, 2.24) is 0 Å². The number of hydrogen-bond donors (Lipinski definition) is 0. The molecule has 2 nitrogen and oxygen atoms in total. The maximum atomic E-state index is 7.49. The largest absolute Gasteiger partial charge is 0.458 e. The molecule has 0 spiro atoms. The third-order valence-corrected chi connectivity index (χ3v) is 1.86. The Bertz CT molecular complexity index is 265. The van der Waals surface area contributed by atoms with Crippen molar-refractivity contribution in [3.63, 3.8) is 0 Å². The average molecular weight is 186 g/mol. The highest BCUT2D eigenvalue weighted by atomic mass is 16.7. The van der Waals surface area contributed by atoms with Crippen molar-refractivity contribution in [2.24, 2.45) is 10.8 Å². The molecule has 0 bridgehead atoms. The van der Waals surface area contributed by atoms with Gasteiger partial charge in [0.2, 0.25) is 6.75 Å². The summed E-state index contributed by atoms with van der Waals surface area (Å²) in [5.74, 6) is 1.22. The van der Waals surface area contributed by atoms with Crippen molar-refractivity contribution < 1.29 is 12.2 Å². The van der Waals surface area contributed by atoms with Crippen molar-refractivity contribution in [2.75, 3.05) is 6.75 Å². The Morgan fingerprint density at radius 1 is 0.923 bits per heavy atom. The van der Waals surface area contributed by atoms with Crippen molar-refractivity contribution in [3.05, 3.63) is 11.5 Å². The maximum Gasteiger partial charge on any atom is 0.230 e. The van der Waals surface area contributed by atoms with Gasteiger partial charge in [-0.25, -0.2) is 0 Å². The van der Waals surface area contributed by atoms with Crippen LogP contribution in [0, 0.1) is 10.8 Å². The lowest BCUT2D eigenvalue weighted by atomic mass is 9.85. The molecule has 0 aliphatic carbocycles. The molecule has 0 atom stereocenters. The van der Waals surface area contributed by atoms with Gasteiger partial charge >= 0.3 is 0 Å². The summed E-state index contributed by atoms with van der Waals surface area (Å²) in [6.07, 6.45) is 0. The van der Waals surface area contributed by atoms with Gasteiger partial charge in [-0.3, -0.25) is 0 Å². The number of ether oxygens (including phenoxy) is 2. The van der Waals surface area contributed by atoms with Crippen LogP contribution in [0.5, 0.6) is 0 Å². The van der Waals surface area contributed by atoms with E-state index in [0.717, 1.165) is 0 Å². The van der Waals surface area contributed by atoms with Crippen LogP contribution in [0.1, 0.15) is 44.3 Å². The molecule has 2 heteroatoms. The predicted octanol–water partition coefficient (Wildman–Crippen LogP) is 3.29. The third kappa shape index (κ3) is 2.17. The average Bonchev–Trinajstić information content (AvgIpc) is 2.23. The molecule has 1 aliphatic heterocycles. The number of allylic oxidation sites excluding steroid dienone is 2. The zero-order valence-electron chi connectivity index (χ0n) is 11.3. The van der Waals surface area contributed by atoms with E-state index >= 15 is 0 Å². The smallest absolute Gasteiger partial charge is 0.230 e. The van der Waals surface area contributed by atoms with E-state index in [2.05, 4.69) is 0 Å². The predicted molar refractivity (Wildman–Crippen MR) is 53.0 cm³/mol. The first kappa shape index (κ1) is 7.72. The van der Waals surface area contributed by atoms with Crippen LogP contribution in [0.15, 0.2) is 11.5 Å². The summed E-state index contributed by atoms with van der Waals surface area (Å²) >= 11 is 0. The summed E-state index contributed by atoms with van der Waals surface area (Å²) < 4.78 is 25.5. The van der Waals surface area contributed by atoms with E-state index in [4.69, 9.17) is 12.2 Å². The molecule has 0 aromatic rings. The van der Waals surface area contributed by atoms with Crippen LogP contribution < -0.4 is 0 Å². The molecule has 0 fully saturated rings. The molecule has 1 rings (SSSR count). The standard InChI is InChI=1S/C11H20O2/c1-10(2,3)8-9(11(4,5)6)13-7-12-8/h7H2,1-6H3/i7D2. The Kier molecular flexibility index (Phi) is 1.74. The second-order valence-electron chi connectivity index (χ2n) is 5.45.